The van der Waals surface area contributed by atoms with Crippen LogP contribution in [0.1, 0.15) is 21.7 Å². The molecule has 1 aromatic carbocycles. The number of benzene rings is 1. The number of nitrogens with zero attached hydrogens (tertiary/aromatic N) is 2. The monoisotopic (exact) mass is 260 g/mol. The Morgan fingerprint density at radius 3 is 2.68 bits per heavy atom. The van der Waals surface area contributed by atoms with E-state index < -0.39 is 10.8 Å². The van der Waals surface area contributed by atoms with Crippen LogP contribution in [0.5, 0.6) is 0 Å². The van der Waals surface area contributed by atoms with Crippen molar-refractivity contribution in [2.24, 2.45) is 0 Å². The van der Waals surface area contributed by atoms with Crippen LogP contribution in [0.15, 0.2) is 30.5 Å². The van der Waals surface area contributed by atoms with E-state index in [0.29, 0.717) is 6.54 Å². The molecule has 0 aliphatic rings. The van der Waals surface area contributed by atoms with E-state index in [1.54, 1.807) is 0 Å². The minimum Gasteiger partial charge on any atom is -0.358 e. The van der Waals surface area contributed by atoms with Gasteiger partial charge in [-0.15, -0.1) is 0 Å². The molecule has 2 aromatic rings. The fraction of sp³-hybridized carbons (Fsp3) is 0.167. The zero-order valence-corrected chi connectivity index (χ0v) is 10.2. The van der Waals surface area contributed by atoms with Crippen molar-refractivity contribution in [3.05, 3.63) is 57.5 Å². The normalized spacial score (nSPS) is 10.2. The Kier molecular flexibility index (Phi) is 3.56. The first-order valence-corrected chi connectivity index (χ1v) is 5.59. The number of amides is 1. The number of aromatic amines is 1. The lowest BCUT2D eigenvalue weighted by atomic mass is 10.1. The Morgan fingerprint density at radius 1 is 1.42 bits per heavy atom. The molecule has 0 unspecified atom stereocenters. The van der Waals surface area contributed by atoms with Gasteiger partial charge in [-0.2, -0.15) is 0 Å². The number of hydrogen-bond donors (Lipinski definition) is 2. The van der Waals surface area contributed by atoms with Crippen molar-refractivity contribution >= 4 is 11.7 Å². The quantitative estimate of drug-likeness (QED) is 0.643. The summed E-state index contributed by atoms with van der Waals surface area (Å²) >= 11 is 0. The molecule has 7 heteroatoms. The van der Waals surface area contributed by atoms with Gasteiger partial charge in [-0.3, -0.25) is 4.79 Å². The zero-order valence-electron chi connectivity index (χ0n) is 10.2. The molecular formula is C12H12N4O3. The highest BCUT2D eigenvalue weighted by Gasteiger charge is 2.16. The highest BCUT2D eigenvalue weighted by atomic mass is 16.6. The predicted molar refractivity (Wildman–Crippen MR) is 67.6 cm³/mol. The second kappa shape index (κ2) is 5.30. The first-order chi connectivity index (χ1) is 9.06. The predicted octanol–water partition coefficient (Wildman–Crippen LogP) is 1.56. The molecule has 2 N–H and O–H groups in total. The number of aromatic nitrogens is 2. The van der Waals surface area contributed by atoms with E-state index in [1.807, 2.05) is 31.2 Å². The average molecular weight is 260 g/mol. The van der Waals surface area contributed by atoms with Crippen molar-refractivity contribution in [2.45, 2.75) is 13.5 Å². The largest absolute Gasteiger partial charge is 0.358 e. The van der Waals surface area contributed by atoms with Gasteiger partial charge in [0.1, 0.15) is 6.20 Å². The number of aryl methyl sites for hydroxylation is 1. The highest BCUT2D eigenvalue weighted by Crippen LogP contribution is 2.06. The fourth-order valence-corrected chi connectivity index (χ4v) is 1.49. The summed E-state index contributed by atoms with van der Waals surface area (Å²) in [5, 5.41) is 13.1. The number of carbonyl (C=O) groups excluding carboxylic acids is 1. The molecule has 0 saturated carbocycles. The molecule has 98 valence electrons. The van der Waals surface area contributed by atoms with Crippen molar-refractivity contribution in [1.82, 2.24) is 15.3 Å². The Hall–Kier alpha value is -2.70. The molecule has 1 aromatic heterocycles. The molecule has 0 aliphatic carbocycles. The third-order valence-electron chi connectivity index (χ3n) is 2.55. The average Bonchev–Trinajstić information content (AvgIpc) is 2.87. The second-order valence-corrected chi connectivity index (χ2v) is 4.04. The molecular weight excluding hydrogens is 248 g/mol. The maximum atomic E-state index is 11.7. The molecule has 7 nitrogen and oxygen atoms in total. The summed E-state index contributed by atoms with van der Waals surface area (Å²) in [4.78, 5) is 27.5. The van der Waals surface area contributed by atoms with Gasteiger partial charge in [0.15, 0.2) is 0 Å². The van der Waals surface area contributed by atoms with E-state index in [0.717, 1.165) is 17.3 Å². The van der Waals surface area contributed by atoms with Gasteiger partial charge in [-0.05, 0) is 17.4 Å². The number of nitro groups is 1. The van der Waals surface area contributed by atoms with E-state index >= 15 is 0 Å². The van der Waals surface area contributed by atoms with Crippen LogP contribution in [0.25, 0.3) is 0 Å². The Balaban J connectivity index is 1.97. The van der Waals surface area contributed by atoms with Gasteiger partial charge in [0.25, 0.3) is 5.82 Å². The van der Waals surface area contributed by atoms with E-state index in [4.69, 9.17) is 0 Å². The summed E-state index contributed by atoms with van der Waals surface area (Å²) in [6.45, 7) is 2.32. The lowest BCUT2D eigenvalue weighted by molar-refractivity contribution is -0.389. The van der Waals surface area contributed by atoms with Crippen molar-refractivity contribution in [3.63, 3.8) is 0 Å². The summed E-state index contributed by atoms with van der Waals surface area (Å²) in [6.07, 6.45) is 1.01. The Bertz CT molecular complexity index is 604. The minimum atomic E-state index is -0.635. The van der Waals surface area contributed by atoms with Gasteiger partial charge in [-0.1, -0.05) is 29.8 Å². The van der Waals surface area contributed by atoms with Crippen LogP contribution >= 0.6 is 0 Å². The van der Waals surface area contributed by atoms with Crippen molar-refractivity contribution in [1.29, 1.82) is 0 Å². The first-order valence-electron chi connectivity index (χ1n) is 5.59. The summed E-state index contributed by atoms with van der Waals surface area (Å²) in [5.41, 5.74) is 2.08. The van der Waals surface area contributed by atoms with Gasteiger partial charge < -0.3 is 15.4 Å². The molecule has 0 fully saturated rings. The Labute approximate surface area is 108 Å². The van der Waals surface area contributed by atoms with Crippen LogP contribution in [-0.4, -0.2) is 20.8 Å². The molecule has 2 rings (SSSR count). The smallest absolute Gasteiger partial charge is 0.341 e. The van der Waals surface area contributed by atoms with Crippen LogP contribution in [0, 0.1) is 17.0 Å². The van der Waals surface area contributed by atoms with Crippen LogP contribution in [0.2, 0.25) is 0 Å². The number of rotatable bonds is 4. The summed E-state index contributed by atoms with van der Waals surface area (Å²) in [5.74, 6) is -0.854. The molecule has 0 saturated heterocycles. The van der Waals surface area contributed by atoms with Gasteiger partial charge in [-0.25, -0.2) is 9.97 Å². The fourth-order valence-electron chi connectivity index (χ4n) is 1.49. The number of hydrogen-bond acceptors (Lipinski definition) is 4. The van der Waals surface area contributed by atoms with Gasteiger partial charge in [0, 0.05) is 6.54 Å². The maximum Gasteiger partial charge on any atom is 0.341 e. The topological polar surface area (TPSA) is 101 Å². The summed E-state index contributed by atoms with van der Waals surface area (Å²) in [7, 11) is 0. The van der Waals surface area contributed by atoms with Gasteiger partial charge in [0.2, 0.25) is 0 Å². The van der Waals surface area contributed by atoms with Crippen molar-refractivity contribution < 1.29 is 9.72 Å². The van der Waals surface area contributed by atoms with Crippen LogP contribution in [-0.2, 0) is 6.54 Å². The van der Waals surface area contributed by atoms with E-state index in [9.17, 15) is 14.9 Å². The van der Waals surface area contributed by atoms with Gasteiger partial charge >= 0.3 is 11.7 Å². The number of imidazole rings is 1. The summed E-state index contributed by atoms with van der Waals surface area (Å²) in [6, 6.07) is 7.69. The molecule has 0 aliphatic heterocycles. The standard InChI is InChI=1S/C12H12N4O3/c1-8-2-4-9(5-3-8)6-14-12(17)11-13-7-10(15-11)16(18)19/h2-5,7H,6H2,1H3,(H,13,15)(H,14,17). The van der Waals surface area contributed by atoms with Crippen LogP contribution in [0.3, 0.4) is 0 Å². The highest BCUT2D eigenvalue weighted by molar-refractivity contribution is 5.90. The molecule has 0 radical (unpaired) electrons. The third kappa shape index (κ3) is 3.15. The van der Waals surface area contributed by atoms with Crippen LogP contribution < -0.4 is 5.32 Å². The van der Waals surface area contributed by atoms with Crippen LogP contribution in [0.4, 0.5) is 5.82 Å². The molecule has 1 amide bonds. The van der Waals surface area contributed by atoms with E-state index in [2.05, 4.69) is 15.3 Å². The molecule has 19 heavy (non-hydrogen) atoms. The second-order valence-electron chi connectivity index (χ2n) is 4.04. The van der Waals surface area contributed by atoms with Crippen molar-refractivity contribution in [3.8, 4) is 0 Å². The molecule has 0 bridgehead atoms. The van der Waals surface area contributed by atoms with Crippen molar-refractivity contribution in [2.75, 3.05) is 0 Å². The number of nitrogens with one attached hydrogen (secondary N) is 2. The SMILES string of the molecule is Cc1ccc(CNC(=O)c2ncc([N+](=O)[O-])[nH]2)cc1. The number of H-pyrrole nitrogens is 1. The molecule has 0 atom stereocenters. The third-order valence-corrected chi connectivity index (χ3v) is 2.55. The lowest BCUT2D eigenvalue weighted by Crippen LogP contribution is -2.23. The number of carbonyl (C=O) groups is 1. The van der Waals surface area contributed by atoms with E-state index in [1.165, 1.54) is 0 Å². The maximum absolute atomic E-state index is 11.7. The molecule has 1 heterocycles. The van der Waals surface area contributed by atoms with Gasteiger partial charge in [0.05, 0.1) is 0 Å². The first kappa shape index (κ1) is 12.7. The zero-order chi connectivity index (χ0) is 13.8. The minimum absolute atomic E-state index is 0.0705. The molecule has 0 spiro atoms. The lowest BCUT2D eigenvalue weighted by Gasteiger charge is -2.02. The summed E-state index contributed by atoms with van der Waals surface area (Å²) < 4.78 is 0. The Morgan fingerprint density at radius 2 is 2.11 bits per heavy atom. The van der Waals surface area contributed by atoms with E-state index in [-0.39, 0.29) is 11.6 Å².